The van der Waals surface area contributed by atoms with Crippen molar-refractivity contribution in [2.45, 2.75) is 64.2 Å². The molecule has 6 rings (SSSR count). The first kappa shape index (κ1) is 23.2. The van der Waals surface area contributed by atoms with Gasteiger partial charge in [-0.2, -0.15) is 0 Å². The number of ether oxygens (including phenoxy) is 2. The number of carbonyl (C=O) groups is 1. The van der Waals surface area contributed by atoms with Gasteiger partial charge in [-0.1, -0.05) is 29.3 Å². The lowest BCUT2D eigenvalue weighted by Gasteiger charge is -2.56. The summed E-state index contributed by atoms with van der Waals surface area (Å²) in [5.41, 5.74) is 3.84. The van der Waals surface area contributed by atoms with Crippen LogP contribution in [-0.2, 0) is 11.2 Å². The SMILES string of the molecule is Cc1[nH]c2ccc3c(c2c1C(=O)OC(C)c1c(Cl)cccc1Cl)CC1CCCN2CCCCC12O3. The topological polar surface area (TPSA) is 54.6 Å². The predicted octanol–water partition coefficient (Wildman–Crippen LogP) is 7.23. The van der Waals surface area contributed by atoms with E-state index in [0.717, 1.165) is 60.3 Å². The fourth-order valence-corrected chi connectivity index (χ4v) is 7.35. The van der Waals surface area contributed by atoms with Gasteiger partial charge in [-0.3, -0.25) is 4.90 Å². The number of nitrogens with one attached hydrogen (secondary N) is 1. The zero-order chi connectivity index (χ0) is 24.3. The molecule has 3 aromatic rings. The van der Waals surface area contributed by atoms with E-state index in [1.807, 2.05) is 13.0 Å². The zero-order valence-corrected chi connectivity index (χ0v) is 21.6. The Kier molecular flexibility index (Phi) is 5.78. The van der Waals surface area contributed by atoms with Crippen LogP contribution in [-0.4, -0.2) is 34.7 Å². The van der Waals surface area contributed by atoms with Crippen LogP contribution in [0.25, 0.3) is 10.9 Å². The minimum Gasteiger partial charge on any atom is -0.472 e. The highest BCUT2D eigenvalue weighted by molar-refractivity contribution is 6.36. The molecule has 1 aromatic heterocycles. The summed E-state index contributed by atoms with van der Waals surface area (Å²) in [6.07, 6.45) is 6.19. The molecule has 184 valence electrons. The van der Waals surface area contributed by atoms with Gasteiger partial charge in [0.15, 0.2) is 5.72 Å². The van der Waals surface area contributed by atoms with Crippen molar-refractivity contribution in [2.75, 3.05) is 13.1 Å². The molecule has 4 heterocycles. The van der Waals surface area contributed by atoms with Gasteiger partial charge in [0.25, 0.3) is 0 Å². The van der Waals surface area contributed by atoms with Gasteiger partial charge >= 0.3 is 5.97 Å². The van der Waals surface area contributed by atoms with Gasteiger partial charge in [0.1, 0.15) is 11.9 Å². The van der Waals surface area contributed by atoms with E-state index in [0.29, 0.717) is 27.1 Å². The van der Waals surface area contributed by atoms with Crippen LogP contribution in [0.1, 0.15) is 72.3 Å². The maximum absolute atomic E-state index is 13.6. The highest BCUT2D eigenvalue weighted by atomic mass is 35.5. The van der Waals surface area contributed by atoms with Crippen molar-refractivity contribution in [2.24, 2.45) is 5.92 Å². The van der Waals surface area contributed by atoms with Crippen molar-refractivity contribution in [1.29, 1.82) is 0 Å². The number of H-pyrrole nitrogens is 1. The Bertz CT molecular complexity index is 1300. The van der Waals surface area contributed by atoms with E-state index in [2.05, 4.69) is 16.0 Å². The molecule has 0 bridgehead atoms. The summed E-state index contributed by atoms with van der Waals surface area (Å²) in [5, 5.41) is 1.89. The number of aromatic amines is 1. The Morgan fingerprint density at radius 2 is 1.94 bits per heavy atom. The first-order valence-electron chi connectivity index (χ1n) is 12.6. The maximum atomic E-state index is 13.6. The standard InChI is InChI=1S/C28H30Cl2N2O3/c1-16-24(27(33)34-17(2)25-20(29)8-5-9-21(25)30)26-19-15-18-7-6-14-32-13-4-3-12-28(18,32)35-23(19)11-10-22(26)31-16/h5,8-11,17-18,31H,3-4,6-7,12-15H2,1-2H3. The summed E-state index contributed by atoms with van der Waals surface area (Å²) in [4.78, 5) is 19.5. The smallest absolute Gasteiger partial charge is 0.341 e. The highest BCUT2D eigenvalue weighted by Crippen LogP contribution is 2.50. The fraction of sp³-hybridized carbons (Fsp3) is 0.464. The minimum absolute atomic E-state index is 0.196. The number of fused-ring (bicyclic) bond motifs is 3. The summed E-state index contributed by atoms with van der Waals surface area (Å²) in [6, 6.07) is 9.39. The molecule has 0 radical (unpaired) electrons. The van der Waals surface area contributed by atoms with Crippen molar-refractivity contribution >= 4 is 40.1 Å². The molecule has 2 saturated heterocycles. The van der Waals surface area contributed by atoms with Crippen LogP contribution in [0.2, 0.25) is 10.0 Å². The lowest BCUT2D eigenvalue weighted by Crippen LogP contribution is -2.64. The van der Waals surface area contributed by atoms with Gasteiger partial charge in [-0.25, -0.2) is 4.79 Å². The number of rotatable bonds is 3. The van der Waals surface area contributed by atoms with Crippen molar-refractivity contribution in [3.05, 3.63) is 62.8 Å². The molecule has 1 spiro atoms. The number of carbonyl (C=O) groups excluding carboxylic acids is 1. The third-order valence-corrected chi connectivity index (χ3v) is 8.87. The van der Waals surface area contributed by atoms with Crippen LogP contribution in [0.15, 0.2) is 30.3 Å². The average Bonchev–Trinajstić information content (AvgIpc) is 3.17. The molecule has 35 heavy (non-hydrogen) atoms. The number of benzene rings is 2. The predicted molar refractivity (Wildman–Crippen MR) is 139 cm³/mol. The van der Waals surface area contributed by atoms with Crippen molar-refractivity contribution in [1.82, 2.24) is 9.88 Å². The van der Waals surface area contributed by atoms with Crippen molar-refractivity contribution in [3.8, 4) is 5.75 Å². The molecule has 3 aliphatic heterocycles. The Hall–Kier alpha value is -2.21. The van der Waals surface area contributed by atoms with E-state index in [-0.39, 0.29) is 11.7 Å². The maximum Gasteiger partial charge on any atom is 0.341 e. The molecule has 3 aliphatic rings. The average molecular weight is 513 g/mol. The van der Waals surface area contributed by atoms with E-state index in [1.54, 1.807) is 25.1 Å². The normalized spacial score (nSPS) is 24.7. The summed E-state index contributed by atoms with van der Waals surface area (Å²) in [7, 11) is 0. The van der Waals surface area contributed by atoms with Crippen LogP contribution in [0, 0.1) is 12.8 Å². The zero-order valence-electron chi connectivity index (χ0n) is 20.1. The second kappa shape index (κ2) is 8.72. The molecule has 3 unspecified atom stereocenters. The number of nitrogens with zero attached hydrogens (tertiary/aromatic N) is 1. The minimum atomic E-state index is -0.582. The number of aryl methyl sites for hydroxylation is 1. The second-order valence-corrected chi connectivity index (χ2v) is 11.0. The van der Waals surface area contributed by atoms with Crippen LogP contribution in [0.4, 0.5) is 0 Å². The summed E-state index contributed by atoms with van der Waals surface area (Å²) >= 11 is 12.7. The Labute approximate surface area is 215 Å². The van der Waals surface area contributed by atoms with Crippen LogP contribution in [0.5, 0.6) is 5.75 Å². The first-order chi connectivity index (χ1) is 16.9. The van der Waals surface area contributed by atoms with Crippen LogP contribution in [0.3, 0.4) is 0 Å². The lowest BCUT2D eigenvalue weighted by molar-refractivity contribution is -0.177. The molecule has 2 fully saturated rings. The van der Waals surface area contributed by atoms with Gasteiger partial charge in [0.2, 0.25) is 0 Å². The quantitative estimate of drug-likeness (QED) is 0.376. The van der Waals surface area contributed by atoms with Crippen LogP contribution >= 0.6 is 23.2 Å². The number of hydrogen-bond acceptors (Lipinski definition) is 4. The van der Waals surface area contributed by atoms with E-state index < -0.39 is 6.10 Å². The molecule has 3 atom stereocenters. The van der Waals surface area contributed by atoms with Gasteiger partial charge < -0.3 is 14.5 Å². The number of hydrogen-bond donors (Lipinski definition) is 1. The van der Waals surface area contributed by atoms with Gasteiger partial charge in [0.05, 0.1) is 5.56 Å². The van der Waals surface area contributed by atoms with Gasteiger partial charge in [-0.05, 0) is 70.2 Å². The number of aromatic nitrogens is 1. The van der Waals surface area contributed by atoms with Crippen molar-refractivity contribution < 1.29 is 14.3 Å². The molecule has 5 nitrogen and oxygen atoms in total. The third kappa shape index (κ3) is 3.66. The summed E-state index contributed by atoms with van der Waals surface area (Å²) < 4.78 is 12.8. The van der Waals surface area contributed by atoms with E-state index >= 15 is 0 Å². The first-order valence-corrected chi connectivity index (χ1v) is 13.4. The Balaban J connectivity index is 1.39. The number of halogens is 2. The molecule has 7 heteroatoms. The summed E-state index contributed by atoms with van der Waals surface area (Å²) in [5.74, 6) is 0.946. The van der Waals surface area contributed by atoms with Gasteiger partial charge in [0, 0.05) is 63.2 Å². The molecular weight excluding hydrogens is 483 g/mol. The molecular formula is C28H30Cl2N2O3. The second-order valence-electron chi connectivity index (χ2n) is 10.2. The molecule has 0 amide bonds. The van der Waals surface area contributed by atoms with E-state index in [1.165, 1.54) is 19.3 Å². The Morgan fingerprint density at radius 3 is 2.74 bits per heavy atom. The highest BCUT2D eigenvalue weighted by Gasteiger charge is 2.52. The van der Waals surface area contributed by atoms with E-state index in [4.69, 9.17) is 32.7 Å². The van der Waals surface area contributed by atoms with E-state index in [9.17, 15) is 4.79 Å². The monoisotopic (exact) mass is 512 g/mol. The number of piperidine rings is 2. The molecule has 0 saturated carbocycles. The fourth-order valence-electron chi connectivity index (χ4n) is 6.64. The molecule has 0 aliphatic carbocycles. The Morgan fingerprint density at radius 1 is 1.17 bits per heavy atom. The molecule has 2 aromatic carbocycles. The number of esters is 1. The largest absolute Gasteiger partial charge is 0.472 e. The molecule has 1 N–H and O–H groups in total. The summed E-state index contributed by atoms with van der Waals surface area (Å²) in [6.45, 7) is 5.94. The van der Waals surface area contributed by atoms with Crippen molar-refractivity contribution in [3.63, 3.8) is 0 Å². The van der Waals surface area contributed by atoms with Gasteiger partial charge in [-0.15, -0.1) is 0 Å². The van der Waals surface area contributed by atoms with Crippen LogP contribution < -0.4 is 4.74 Å². The lowest BCUT2D eigenvalue weighted by atomic mass is 9.74. The third-order valence-electron chi connectivity index (χ3n) is 8.22.